The second kappa shape index (κ2) is 5.47. The van der Waals surface area contributed by atoms with Gasteiger partial charge in [0.1, 0.15) is 17.8 Å². The predicted molar refractivity (Wildman–Crippen MR) is 91.3 cm³/mol. The molecule has 0 saturated carbocycles. The number of anilines is 1. The van der Waals surface area contributed by atoms with Gasteiger partial charge in [-0.2, -0.15) is 5.10 Å². The average Bonchev–Trinajstić information content (AvgIpc) is 3.13. The number of benzene rings is 1. The summed E-state index contributed by atoms with van der Waals surface area (Å²) in [6.45, 7) is 2.02. The first kappa shape index (κ1) is 14.4. The molecule has 1 aliphatic heterocycles. The van der Waals surface area contributed by atoms with Crippen LogP contribution in [0.3, 0.4) is 0 Å². The van der Waals surface area contributed by atoms with Gasteiger partial charge in [0.15, 0.2) is 5.65 Å². The molecule has 0 aliphatic carbocycles. The van der Waals surface area contributed by atoms with Crippen LogP contribution in [0, 0.1) is 0 Å². The second-order valence-corrected chi connectivity index (χ2v) is 6.40. The van der Waals surface area contributed by atoms with Crippen LogP contribution >= 0.6 is 11.6 Å². The molecule has 0 amide bonds. The normalized spacial score (nSPS) is 18.8. The Kier molecular flexibility index (Phi) is 3.43. The van der Waals surface area contributed by atoms with Crippen molar-refractivity contribution in [3.63, 3.8) is 0 Å². The number of fused-ring (bicyclic) bond motifs is 1. The number of hydrogen-bond acceptors (Lipinski definition) is 5. The molecule has 4 rings (SSSR count). The van der Waals surface area contributed by atoms with E-state index in [-0.39, 0.29) is 0 Å². The number of likely N-dealkylation sites (N-methyl/N-ethyl adjacent to an activating group) is 1. The highest BCUT2D eigenvalue weighted by molar-refractivity contribution is 6.30. The highest BCUT2D eigenvalue weighted by Crippen LogP contribution is 2.33. The van der Waals surface area contributed by atoms with Crippen molar-refractivity contribution in [1.29, 1.82) is 0 Å². The van der Waals surface area contributed by atoms with Gasteiger partial charge in [-0.15, -0.1) is 0 Å². The quantitative estimate of drug-likeness (QED) is 0.782. The van der Waals surface area contributed by atoms with Crippen LogP contribution in [0.2, 0.25) is 5.02 Å². The summed E-state index contributed by atoms with van der Waals surface area (Å²) in [6.07, 6.45) is 2.55. The van der Waals surface area contributed by atoms with Gasteiger partial charge in [-0.05, 0) is 25.6 Å². The molecular weight excluding hydrogens is 312 g/mol. The molecule has 23 heavy (non-hydrogen) atoms. The van der Waals surface area contributed by atoms with Crippen molar-refractivity contribution in [1.82, 2.24) is 24.6 Å². The molecule has 6 nitrogen and oxygen atoms in total. The molecule has 3 heterocycles. The average molecular weight is 329 g/mol. The first-order valence-corrected chi connectivity index (χ1v) is 7.94. The number of aromatic nitrogens is 4. The molecule has 1 aliphatic rings. The molecule has 118 valence electrons. The Morgan fingerprint density at radius 2 is 2.00 bits per heavy atom. The SMILES string of the molecule is CN1CCC(n2nc(-c3ccc(Cl)cc3)c3c(N)ncnc32)C1. The molecule has 1 aromatic carbocycles. The Bertz CT molecular complexity index is 857. The van der Waals surface area contributed by atoms with Crippen LogP contribution in [0.15, 0.2) is 30.6 Å². The van der Waals surface area contributed by atoms with Crippen LogP contribution in [0.5, 0.6) is 0 Å². The van der Waals surface area contributed by atoms with Crippen molar-refractivity contribution in [3.8, 4) is 11.3 Å². The van der Waals surface area contributed by atoms with Crippen LogP contribution in [0.25, 0.3) is 22.3 Å². The Labute approximate surface area is 138 Å². The first-order valence-electron chi connectivity index (χ1n) is 7.56. The number of nitrogens with two attached hydrogens (primary N) is 1. The zero-order valence-electron chi connectivity index (χ0n) is 12.8. The van der Waals surface area contributed by atoms with E-state index >= 15 is 0 Å². The third kappa shape index (κ3) is 2.44. The molecule has 1 fully saturated rings. The highest BCUT2D eigenvalue weighted by atomic mass is 35.5. The van der Waals surface area contributed by atoms with Crippen molar-refractivity contribution >= 4 is 28.5 Å². The molecule has 7 heteroatoms. The van der Waals surface area contributed by atoms with Crippen LogP contribution < -0.4 is 5.73 Å². The third-order valence-electron chi connectivity index (χ3n) is 4.35. The summed E-state index contributed by atoms with van der Waals surface area (Å²) in [6, 6.07) is 7.90. The van der Waals surface area contributed by atoms with E-state index in [1.807, 2.05) is 28.9 Å². The number of hydrogen-bond donors (Lipinski definition) is 1. The summed E-state index contributed by atoms with van der Waals surface area (Å²) in [5, 5.41) is 6.33. The molecule has 1 unspecified atom stereocenters. The Hall–Kier alpha value is -2.18. The standard InChI is InChI=1S/C16H17ClN6/c1-22-7-6-12(8-22)23-16-13(15(18)19-9-20-16)14(21-23)10-2-4-11(17)5-3-10/h2-5,9,12H,6-8H2,1H3,(H2,18,19,20). The summed E-state index contributed by atoms with van der Waals surface area (Å²) in [5.41, 5.74) is 8.69. The van der Waals surface area contributed by atoms with Gasteiger partial charge in [0.05, 0.1) is 11.4 Å². The molecular formula is C16H17ClN6. The lowest BCUT2D eigenvalue weighted by Gasteiger charge is -2.11. The van der Waals surface area contributed by atoms with E-state index in [0.717, 1.165) is 41.8 Å². The van der Waals surface area contributed by atoms with E-state index in [0.29, 0.717) is 16.9 Å². The largest absolute Gasteiger partial charge is 0.383 e. The van der Waals surface area contributed by atoms with E-state index in [1.165, 1.54) is 6.33 Å². The smallest absolute Gasteiger partial charge is 0.164 e. The van der Waals surface area contributed by atoms with Crippen LogP contribution in [-0.4, -0.2) is 44.8 Å². The summed E-state index contributed by atoms with van der Waals surface area (Å²) in [5.74, 6) is 0.456. The maximum Gasteiger partial charge on any atom is 0.164 e. The van der Waals surface area contributed by atoms with Crippen LogP contribution in [0.4, 0.5) is 5.82 Å². The minimum atomic E-state index is 0.304. The fourth-order valence-corrected chi connectivity index (χ4v) is 3.30. The molecule has 0 bridgehead atoms. The van der Waals surface area contributed by atoms with E-state index in [2.05, 4.69) is 21.9 Å². The van der Waals surface area contributed by atoms with Gasteiger partial charge in [-0.1, -0.05) is 23.7 Å². The van der Waals surface area contributed by atoms with Gasteiger partial charge < -0.3 is 10.6 Å². The maximum atomic E-state index is 6.12. The fraction of sp³-hybridized carbons (Fsp3) is 0.312. The van der Waals surface area contributed by atoms with Crippen molar-refractivity contribution in [2.24, 2.45) is 0 Å². The summed E-state index contributed by atoms with van der Waals surface area (Å²) >= 11 is 5.99. The molecule has 2 aromatic heterocycles. The number of halogens is 1. The predicted octanol–water partition coefficient (Wildman–Crippen LogP) is 2.61. The second-order valence-electron chi connectivity index (χ2n) is 5.96. The lowest BCUT2D eigenvalue weighted by atomic mass is 10.1. The fourth-order valence-electron chi connectivity index (χ4n) is 3.17. The lowest BCUT2D eigenvalue weighted by molar-refractivity contribution is 0.385. The third-order valence-corrected chi connectivity index (χ3v) is 4.60. The zero-order chi connectivity index (χ0) is 16.0. The minimum absolute atomic E-state index is 0.304. The maximum absolute atomic E-state index is 6.12. The van der Waals surface area contributed by atoms with E-state index in [4.69, 9.17) is 22.4 Å². The first-order chi connectivity index (χ1) is 11.1. The van der Waals surface area contributed by atoms with Crippen molar-refractivity contribution in [2.45, 2.75) is 12.5 Å². The van der Waals surface area contributed by atoms with Gasteiger partial charge in [-0.3, -0.25) is 0 Å². The minimum Gasteiger partial charge on any atom is -0.383 e. The van der Waals surface area contributed by atoms with Gasteiger partial charge in [0.2, 0.25) is 0 Å². The van der Waals surface area contributed by atoms with Crippen LogP contribution in [0.1, 0.15) is 12.5 Å². The molecule has 0 radical (unpaired) electrons. The monoisotopic (exact) mass is 328 g/mol. The van der Waals surface area contributed by atoms with Gasteiger partial charge in [0, 0.05) is 23.7 Å². The summed E-state index contributed by atoms with van der Waals surface area (Å²) in [7, 11) is 2.12. The van der Waals surface area contributed by atoms with Crippen molar-refractivity contribution < 1.29 is 0 Å². The van der Waals surface area contributed by atoms with Gasteiger partial charge >= 0.3 is 0 Å². The molecule has 1 atom stereocenters. The van der Waals surface area contributed by atoms with Crippen LogP contribution in [-0.2, 0) is 0 Å². The zero-order valence-corrected chi connectivity index (χ0v) is 13.5. The van der Waals surface area contributed by atoms with E-state index in [1.54, 1.807) is 0 Å². The van der Waals surface area contributed by atoms with Crippen molar-refractivity contribution in [2.75, 3.05) is 25.9 Å². The molecule has 0 spiro atoms. The highest BCUT2D eigenvalue weighted by Gasteiger charge is 2.26. The lowest BCUT2D eigenvalue weighted by Crippen LogP contribution is -2.17. The molecule has 3 aromatic rings. The number of nitrogen functional groups attached to an aromatic ring is 1. The Morgan fingerprint density at radius 1 is 1.22 bits per heavy atom. The number of likely N-dealkylation sites (tertiary alicyclic amines) is 1. The van der Waals surface area contributed by atoms with E-state index in [9.17, 15) is 0 Å². The number of nitrogens with zero attached hydrogens (tertiary/aromatic N) is 5. The molecule has 1 saturated heterocycles. The topological polar surface area (TPSA) is 72.9 Å². The van der Waals surface area contributed by atoms with E-state index < -0.39 is 0 Å². The Morgan fingerprint density at radius 3 is 2.70 bits per heavy atom. The Balaban J connectivity index is 1.92. The molecule has 2 N–H and O–H groups in total. The van der Waals surface area contributed by atoms with Gasteiger partial charge in [-0.25, -0.2) is 14.6 Å². The number of rotatable bonds is 2. The summed E-state index contributed by atoms with van der Waals surface area (Å²) < 4.78 is 2.00. The summed E-state index contributed by atoms with van der Waals surface area (Å²) in [4.78, 5) is 10.9. The van der Waals surface area contributed by atoms with Crippen molar-refractivity contribution in [3.05, 3.63) is 35.6 Å². The van der Waals surface area contributed by atoms with Gasteiger partial charge in [0.25, 0.3) is 0 Å².